The Kier molecular flexibility index (Phi) is 4.45. The van der Waals surface area contributed by atoms with Crippen LogP contribution in [-0.4, -0.2) is 31.8 Å². The number of rotatable bonds is 4. The zero-order valence-electron chi connectivity index (χ0n) is 14.4. The van der Waals surface area contributed by atoms with Gasteiger partial charge in [0.25, 0.3) is 0 Å². The first-order valence-corrected chi connectivity index (χ1v) is 11.0. The van der Waals surface area contributed by atoms with Crippen molar-refractivity contribution in [2.24, 2.45) is 0 Å². The molecule has 0 aliphatic carbocycles. The Balaban J connectivity index is 2.18. The maximum Gasteiger partial charge on any atom is 0.322 e. The van der Waals surface area contributed by atoms with E-state index in [0.29, 0.717) is 6.42 Å². The van der Waals surface area contributed by atoms with Gasteiger partial charge < -0.3 is 4.74 Å². The first kappa shape index (κ1) is 18.0. The third-order valence-corrected chi connectivity index (χ3v) is 6.94. The van der Waals surface area contributed by atoms with Crippen molar-refractivity contribution in [1.29, 1.82) is 0 Å². The fraction of sp³-hybridized carbons (Fsp3) is 0.316. The minimum absolute atomic E-state index is 0.235. The highest BCUT2D eigenvalue weighted by Gasteiger charge is 2.56. The quantitative estimate of drug-likeness (QED) is 0.766. The third kappa shape index (κ3) is 3.09. The summed E-state index contributed by atoms with van der Waals surface area (Å²) in [4.78, 5) is 12.6. The van der Waals surface area contributed by atoms with E-state index in [1.165, 1.54) is 18.0 Å². The number of carbonyl (C=O) groups is 1. The molecule has 1 aliphatic rings. The van der Waals surface area contributed by atoms with E-state index in [-0.39, 0.29) is 10.9 Å². The summed E-state index contributed by atoms with van der Waals surface area (Å²) in [6.07, 6.45) is 3.58. The second kappa shape index (κ2) is 6.18. The van der Waals surface area contributed by atoms with Crippen LogP contribution in [0.5, 0.6) is 0 Å². The van der Waals surface area contributed by atoms with Gasteiger partial charge in [-0.1, -0.05) is 42.5 Å². The number of hydrogen-bond acceptors (Lipinski definition) is 5. The number of hydrogen-bond donors (Lipinski definition) is 0. The molecular weight excluding hydrogens is 356 g/mol. The van der Waals surface area contributed by atoms with Crippen LogP contribution in [0.25, 0.3) is 0 Å². The van der Waals surface area contributed by atoms with Gasteiger partial charge in [0.05, 0.1) is 4.90 Å². The van der Waals surface area contributed by atoms with E-state index in [1.807, 2.05) is 43.5 Å². The molecule has 2 atom stereocenters. The van der Waals surface area contributed by atoms with Crippen molar-refractivity contribution in [2.45, 2.75) is 28.6 Å². The number of carbonyl (C=O) groups excluding carboxylic acids is 1. The summed E-state index contributed by atoms with van der Waals surface area (Å²) in [6, 6.07) is 16.1. The highest BCUT2D eigenvalue weighted by molar-refractivity contribution is 7.99. The van der Waals surface area contributed by atoms with Gasteiger partial charge in [-0.2, -0.15) is 0 Å². The van der Waals surface area contributed by atoms with Crippen LogP contribution in [0.1, 0.15) is 24.5 Å². The Morgan fingerprint density at radius 1 is 1.00 bits per heavy atom. The molecule has 0 N–H and O–H groups in total. The van der Waals surface area contributed by atoms with Gasteiger partial charge in [0, 0.05) is 12.7 Å². The van der Waals surface area contributed by atoms with Crippen LogP contribution in [0, 0.1) is 0 Å². The van der Waals surface area contributed by atoms with Gasteiger partial charge >= 0.3 is 5.97 Å². The van der Waals surface area contributed by atoms with E-state index in [4.69, 9.17) is 4.74 Å². The number of thioether (sulfide) groups is 1. The Morgan fingerprint density at radius 2 is 1.56 bits per heavy atom. The van der Waals surface area contributed by atoms with E-state index in [2.05, 4.69) is 0 Å². The van der Waals surface area contributed by atoms with Crippen molar-refractivity contribution in [2.75, 3.05) is 12.5 Å². The molecule has 0 radical (unpaired) electrons. The second-order valence-electron chi connectivity index (χ2n) is 6.47. The smallest absolute Gasteiger partial charge is 0.322 e. The lowest BCUT2D eigenvalue weighted by Crippen LogP contribution is -2.33. The number of cyclic esters (lactones) is 1. The zero-order valence-corrected chi connectivity index (χ0v) is 16.0. The highest BCUT2D eigenvalue weighted by Crippen LogP contribution is 2.51. The van der Waals surface area contributed by atoms with Gasteiger partial charge in [-0.05, 0) is 36.4 Å². The van der Waals surface area contributed by atoms with E-state index in [0.717, 1.165) is 11.1 Å². The first-order valence-electron chi connectivity index (χ1n) is 7.86. The molecule has 4 nitrogen and oxygen atoms in total. The summed E-state index contributed by atoms with van der Waals surface area (Å²) in [7, 11) is -3.29. The number of ether oxygens (including phenoxy) is 1. The lowest BCUT2D eigenvalue weighted by Gasteiger charge is -2.27. The minimum atomic E-state index is -3.29. The summed E-state index contributed by atoms with van der Waals surface area (Å²) < 4.78 is 29.2. The molecule has 0 aromatic heterocycles. The molecule has 1 heterocycles. The molecule has 0 bridgehead atoms. The molecule has 1 fully saturated rings. The molecular formula is C19H20O4S2. The van der Waals surface area contributed by atoms with Crippen molar-refractivity contribution in [3.63, 3.8) is 0 Å². The largest absolute Gasteiger partial charge is 0.447 e. The fourth-order valence-electron chi connectivity index (χ4n) is 3.30. The van der Waals surface area contributed by atoms with E-state index < -0.39 is 20.2 Å². The maximum atomic E-state index is 13.0. The van der Waals surface area contributed by atoms with E-state index in [9.17, 15) is 13.2 Å². The molecule has 2 unspecified atom stereocenters. The van der Waals surface area contributed by atoms with Crippen LogP contribution in [0.15, 0.2) is 59.5 Å². The minimum Gasteiger partial charge on any atom is -0.447 e. The SMILES string of the molecule is CSC1(C)CC(c2ccccc2)(c2ccc(S(C)(=O)=O)cc2)C(=O)O1. The van der Waals surface area contributed by atoms with Crippen molar-refractivity contribution in [1.82, 2.24) is 0 Å². The summed E-state index contributed by atoms with van der Waals surface area (Å²) in [5.74, 6) is -0.303. The normalized spacial score (nSPS) is 26.4. The lowest BCUT2D eigenvalue weighted by atomic mass is 9.72. The molecule has 132 valence electrons. The zero-order chi connectivity index (χ0) is 18.3. The highest BCUT2D eigenvalue weighted by atomic mass is 32.2. The molecule has 1 aliphatic heterocycles. The number of sulfone groups is 1. The average Bonchev–Trinajstić information content (AvgIpc) is 2.87. The Morgan fingerprint density at radius 3 is 2.04 bits per heavy atom. The van der Waals surface area contributed by atoms with Crippen LogP contribution in [0.4, 0.5) is 0 Å². The Bertz CT molecular complexity index is 891. The third-order valence-electron chi connectivity index (χ3n) is 4.72. The molecule has 25 heavy (non-hydrogen) atoms. The predicted molar refractivity (Wildman–Crippen MR) is 99.4 cm³/mol. The van der Waals surface area contributed by atoms with Gasteiger partial charge in [-0.3, -0.25) is 4.79 Å². The molecule has 2 aromatic rings. The molecule has 0 amide bonds. The van der Waals surface area contributed by atoms with Crippen molar-refractivity contribution >= 4 is 27.6 Å². The Labute approximate surface area is 152 Å². The average molecular weight is 376 g/mol. The van der Waals surface area contributed by atoms with E-state index in [1.54, 1.807) is 24.3 Å². The van der Waals surface area contributed by atoms with Crippen LogP contribution in [0.2, 0.25) is 0 Å². The summed E-state index contributed by atoms with van der Waals surface area (Å²) >= 11 is 1.50. The van der Waals surface area contributed by atoms with Crippen molar-refractivity contribution < 1.29 is 17.9 Å². The summed E-state index contributed by atoms with van der Waals surface area (Å²) in [6.45, 7) is 1.91. The standard InChI is InChI=1S/C19H20O4S2/c1-18(24-2)13-19(17(20)23-18,14-7-5-4-6-8-14)15-9-11-16(12-10-15)25(3,21)22/h4-12H,13H2,1-3H3. The second-order valence-corrected chi connectivity index (χ2v) is 9.76. The number of benzene rings is 2. The van der Waals surface area contributed by atoms with E-state index >= 15 is 0 Å². The van der Waals surface area contributed by atoms with Crippen molar-refractivity contribution in [3.05, 3.63) is 65.7 Å². The topological polar surface area (TPSA) is 60.4 Å². The van der Waals surface area contributed by atoms with Gasteiger partial charge in [-0.25, -0.2) is 8.42 Å². The van der Waals surface area contributed by atoms with Gasteiger partial charge in [0.15, 0.2) is 14.8 Å². The lowest BCUT2D eigenvalue weighted by molar-refractivity contribution is -0.145. The number of esters is 1. The van der Waals surface area contributed by atoms with Crippen LogP contribution in [0.3, 0.4) is 0 Å². The van der Waals surface area contributed by atoms with Crippen molar-refractivity contribution in [3.8, 4) is 0 Å². The van der Waals surface area contributed by atoms with Gasteiger partial charge in [-0.15, -0.1) is 11.8 Å². The molecule has 0 spiro atoms. The molecule has 3 rings (SSSR count). The fourth-order valence-corrected chi connectivity index (χ4v) is 4.45. The monoisotopic (exact) mass is 376 g/mol. The predicted octanol–water partition coefficient (Wildman–Crippen LogP) is 3.40. The summed E-state index contributed by atoms with van der Waals surface area (Å²) in [5.41, 5.74) is 0.661. The van der Waals surface area contributed by atoms with Gasteiger partial charge in [0.1, 0.15) is 5.41 Å². The first-order chi connectivity index (χ1) is 11.7. The molecule has 1 saturated heterocycles. The Hall–Kier alpha value is -1.79. The molecule has 2 aromatic carbocycles. The van der Waals surface area contributed by atoms with Crippen LogP contribution in [-0.2, 0) is 24.8 Å². The molecule has 0 saturated carbocycles. The van der Waals surface area contributed by atoms with Crippen LogP contribution < -0.4 is 0 Å². The maximum absolute atomic E-state index is 13.0. The van der Waals surface area contributed by atoms with Gasteiger partial charge in [0.2, 0.25) is 0 Å². The van der Waals surface area contributed by atoms with Crippen LogP contribution >= 0.6 is 11.8 Å². The summed E-state index contributed by atoms with van der Waals surface area (Å²) in [5, 5.41) is 0. The molecule has 6 heteroatoms.